The van der Waals surface area contributed by atoms with Crippen molar-refractivity contribution in [3.63, 3.8) is 0 Å². The molecule has 1 aromatic heterocycles. The van der Waals surface area contributed by atoms with Crippen LogP contribution in [0.15, 0.2) is 41.8 Å². The second kappa shape index (κ2) is 7.70. The van der Waals surface area contributed by atoms with Crippen molar-refractivity contribution in [2.24, 2.45) is 0 Å². The molecule has 1 heterocycles. The van der Waals surface area contributed by atoms with E-state index in [1.807, 2.05) is 30.3 Å². The number of likely N-dealkylation sites (N-methyl/N-ethyl adjacent to an activating group) is 2. The zero-order chi connectivity index (χ0) is 17.0. The molecule has 0 saturated carbocycles. The molecule has 23 heavy (non-hydrogen) atoms. The first-order chi connectivity index (χ1) is 10.9. The molecule has 0 N–H and O–H groups in total. The van der Waals surface area contributed by atoms with Crippen LogP contribution in [0.5, 0.6) is 0 Å². The fraction of sp³-hybridized carbons (Fsp3) is 0.389. The smallest absolute Gasteiger partial charge is 0.237 e. The van der Waals surface area contributed by atoms with Crippen LogP contribution in [0, 0.1) is 5.82 Å². The number of carbonyl (C=O) groups excluding carboxylic acids is 1. The van der Waals surface area contributed by atoms with Crippen molar-refractivity contribution in [1.29, 1.82) is 0 Å². The average Bonchev–Trinajstić information content (AvgIpc) is 3.07. The van der Waals surface area contributed by atoms with Crippen molar-refractivity contribution < 1.29 is 9.18 Å². The van der Waals surface area contributed by atoms with Gasteiger partial charge in [-0.15, -0.1) is 11.3 Å². The van der Waals surface area contributed by atoms with Crippen LogP contribution in [-0.2, 0) is 4.79 Å². The number of thiophene rings is 1. The van der Waals surface area contributed by atoms with Crippen molar-refractivity contribution in [1.82, 2.24) is 9.80 Å². The van der Waals surface area contributed by atoms with E-state index in [2.05, 4.69) is 13.0 Å². The van der Waals surface area contributed by atoms with Crippen LogP contribution >= 0.6 is 11.3 Å². The lowest BCUT2D eigenvalue weighted by atomic mass is 10.1. The lowest BCUT2D eigenvalue weighted by Crippen LogP contribution is -2.38. The van der Waals surface area contributed by atoms with Crippen LogP contribution in [0.4, 0.5) is 4.39 Å². The number of nitrogens with zero attached hydrogens (tertiary/aromatic N) is 2. The monoisotopic (exact) mass is 334 g/mol. The topological polar surface area (TPSA) is 23.6 Å². The molecular weight excluding hydrogens is 311 g/mol. The van der Waals surface area contributed by atoms with Gasteiger partial charge in [0.05, 0.1) is 12.6 Å². The highest BCUT2D eigenvalue weighted by Crippen LogP contribution is 2.24. The van der Waals surface area contributed by atoms with Gasteiger partial charge in [-0.05, 0) is 50.0 Å². The molecule has 2 atom stereocenters. The van der Waals surface area contributed by atoms with Crippen molar-refractivity contribution in [3.8, 4) is 0 Å². The maximum Gasteiger partial charge on any atom is 0.237 e. The lowest BCUT2D eigenvalue weighted by Gasteiger charge is -2.29. The zero-order valence-electron chi connectivity index (χ0n) is 14.0. The predicted molar refractivity (Wildman–Crippen MR) is 92.9 cm³/mol. The first kappa shape index (κ1) is 17.6. The first-order valence-electron chi connectivity index (χ1n) is 7.65. The van der Waals surface area contributed by atoms with E-state index >= 15 is 0 Å². The standard InChI is InChI=1S/C18H23FN2OS/c1-13(15-7-9-16(19)10-8-15)21(4)18(22)12-20(3)14(2)17-6-5-11-23-17/h5-11,13-14H,12H2,1-4H3. The van der Waals surface area contributed by atoms with Gasteiger partial charge in [0.1, 0.15) is 5.82 Å². The van der Waals surface area contributed by atoms with Crippen LogP contribution in [0.25, 0.3) is 0 Å². The molecule has 2 unspecified atom stereocenters. The Hall–Kier alpha value is -1.72. The van der Waals surface area contributed by atoms with E-state index in [1.165, 1.54) is 17.0 Å². The van der Waals surface area contributed by atoms with Gasteiger partial charge in [-0.1, -0.05) is 18.2 Å². The first-order valence-corrected chi connectivity index (χ1v) is 8.53. The summed E-state index contributed by atoms with van der Waals surface area (Å²) in [5.74, 6) is -0.216. The van der Waals surface area contributed by atoms with Gasteiger partial charge in [-0.2, -0.15) is 0 Å². The second-order valence-corrected chi connectivity index (χ2v) is 6.82. The molecule has 1 aromatic carbocycles. The maximum absolute atomic E-state index is 13.0. The number of hydrogen-bond donors (Lipinski definition) is 0. The molecule has 0 radical (unpaired) electrons. The second-order valence-electron chi connectivity index (χ2n) is 5.84. The van der Waals surface area contributed by atoms with Gasteiger partial charge >= 0.3 is 0 Å². The summed E-state index contributed by atoms with van der Waals surface area (Å²) < 4.78 is 13.0. The van der Waals surface area contributed by atoms with Gasteiger partial charge in [0.2, 0.25) is 5.91 Å². The Morgan fingerprint density at radius 1 is 1.13 bits per heavy atom. The zero-order valence-corrected chi connectivity index (χ0v) is 14.8. The van der Waals surface area contributed by atoms with Gasteiger partial charge < -0.3 is 4.90 Å². The van der Waals surface area contributed by atoms with E-state index in [1.54, 1.807) is 35.4 Å². The summed E-state index contributed by atoms with van der Waals surface area (Å²) in [4.78, 5) is 17.5. The number of halogens is 1. The van der Waals surface area contributed by atoms with Gasteiger partial charge in [-0.3, -0.25) is 9.69 Å². The fourth-order valence-electron chi connectivity index (χ4n) is 2.39. The summed E-state index contributed by atoms with van der Waals surface area (Å²) in [5, 5.41) is 2.05. The molecule has 2 aromatic rings. The molecule has 0 bridgehead atoms. The summed E-state index contributed by atoms with van der Waals surface area (Å²) in [6.45, 7) is 4.40. The molecule has 124 valence electrons. The number of amides is 1. The number of benzene rings is 1. The minimum absolute atomic E-state index is 0.0488. The van der Waals surface area contributed by atoms with Gasteiger partial charge in [0.25, 0.3) is 0 Å². The molecule has 0 spiro atoms. The molecule has 0 fully saturated rings. The third-order valence-corrected chi connectivity index (χ3v) is 5.37. The van der Waals surface area contributed by atoms with E-state index in [4.69, 9.17) is 0 Å². The molecule has 0 aliphatic carbocycles. The van der Waals surface area contributed by atoms with E-state index < -0.39 is 0 Å². The van der Waals surface area contributed by atoms with Crippen LogP contribution in [0.1, 0.15) is 36.4 Å². The van der Waals surface area contributed by atoms with E-state index in [9.17, 15) is 9.18 Å². The van der Waals surface area contributed by atoms with Crippen LogP contribution in [0.3, 0.4) is 0 Å². The van der Waals surface area contributed by atoms with Gasteiger partial charge in [0.15, 0.2) is 0 Å². The minimum Gasteiger partial charge on any atom is -0.338 e. The van der Waals surface area contributed by atoms with Gasteiger partial charge in [-0.25, -0.2) is 4.39 Å². The highest BCUT2D eigenvalue weighted by atomic mass is 32.1. The van der Waals surface area contributed by atoms with Crippen LogP contribution in [0.2, 0.25) is 0 Å². The molecule has 2 rings (SSSR count). The number of carbonyl (C=O) groups is 1. The summed E-state index contributed by atoms with van der Waals surface area (Å²) in [5.41, 5.74) is 0.927. The fourth-order valence-corrected chi connectivity index (χ4v) is 3.24. The predicted octanol–water partition coefficient (Wildman–Crippen LogP) is 4.10. The maximum atomic E-state index is 13.0. The Morgan fingerprint density at radius 2 is 1.78 bits per heavy atom. The highest BCUT2D eigenvalue weighted by Gasteiger charge is 2.21. The van der Waals surface area contributed by atoms with Crippen LogP contribution in [-0.4, -0.2) is 36.3 Å². The quantitative estimate of drug-likeness (QED) is 0.794. The molecular formula is C18H23FN2OS. The molecule has 1 amide bonds. The highest BCUT2D eigenvalue weighted by molar-refractivity contribution is 7.10. The number of hydrogen-bond acceptors (Lipinski definition) is 3. The molecule has 5 heteroatoms. The Kier molecular flexibility index (Phi) is 5.91. The molecule has 3 nitrogen and oxygen atoms in total. The van der Waals surface area contributed by atoms with Crippen molar-refractivity contribution in [2.45, 2.75) is 25.9 Å². The Balaban J connectivity index is 1.97. The Labute approximate surface area is 141 Å². The van der Waals surface area contributed by atoms with E-state index in [-0.39, 0.29) is 23.8 Å². The Bertz CT molecular complexity index is 627. The normalized spacial score (nSPS) is 13.8. The van der Waals surface area contributed by atoms with Crippen molar-refractivity contribution >= 4 is 17.2 Å². The summed E-state index contributed by atoms with van der Waals surface area (Å²) in [6.07, 6.45) is 0. The largest absolute Gasteiger partial charge is 0.338 e. The SMILES string of the molecule is CC(c1cccs1)N(C)CC(=O)N(C)C(C)c1ccc(F)cc1. The van der Waals surface area contributed by atoms with Gasteiger partial charge in [0, 0.05) is 18.0 Å². The average molecular weight is 334 g/mol. The lowest BCUT2D eigenvalue weighted by molar-refractivity contribution is -0.133. The van der Waals surface area contributed by atoms with E-state index in [0.717, 1.165) is 5.56 Å². The van der Waals surface area contributed by atoms with Crippen LogP contribution < -0.4 is 0 Å². The number of rotatable bonds is 6. The van der Waals surface area contributed by atoms with Crippen molar-refractivity contribution in [3.05, 3.63) is 58.0 Å². The van der Waals surface area contributed by atoms with Crippen molar-refractivity contribution in [2.75, 3.05) is 20.6 Å². The third kappa shape index (κ3) is 4.39. The molecule has 0 aliphatic heterocycles. The van der Waals surface area contributed by atoms with E-state index in [0.29, 0.717) is 6.54 Å². The molecule has 0 aliphatic rings. The minimum atomic E-state index is -0.264. The summed E-state index contributed by atoms with van der Waals surface area (Å²) in [6, 6.07) is 10.5. The third-order valence-electron chi connectivity index (χ3n) is 4.33. The molecule has 0 saturated heterocycles. The summed E-state index contributed by atoms with van der Waals surface area (Å²) >= 11 is 1.70. The summed E-state index contributed by atoms with van der Waals surface area (Å²) in [7, 11) is 3.75. The Morgan fingerprint density at radius 3 is 2.35 bits per heavy atom.